The van der Waals surface area contributed by atoms with E-state index in [2.05, 4.69) is 38.9 Å². The van der Waals surface area contributed by atoms with Gasteiger partial charge in [-0.1, -0.05) is 45.9 Å². The van der Waals surface area contributed by atoms with E-state index in [9.17, 15) is 0 Å². The number of nitrogen functional groups attached to an aromatic ring is 1. The molecule has 4 rings (SSSR count). The normalized spacial score (nSPS) is 14.1. The lowest BCUT2D eigenvalue weighted by molar-refractivity contribution is -0.0384. The number of nitrogens with two attached hydrogens (primary N) is 1. The van der Waals surface area contributed by atoms with Crippen molar-refractivity contribution < 1.29 is 61.9 Å². The minimum atomic E-state index is -2.04. The van der Waals surface area contributed by atoms with Crippen LogP contribution in [0.3, 0.4) is 0 Å². The van der Waals surface area contributed by atoms with Crippen LogP contribution in [0.4, 0.5) is 5.82 Å². The zero-order valence-corrected chi connectivity index (χ0v) is 43.0. The molecule has 2 unspecified atom stereocenters. The molecule has 21 nitrogen and oxygen atoms in total. The summed E-state index contributed by atoms with van der Waals surface area (Å²) in [7, 11) is -0.321. The van der Waals surface area contributed by atoms with Crippen LogP contribution < -0.4 is 5.73 Å². The maximum absolute atomic E-state index is 8.80. The highest BCUT2D eigenvalue weighted by molar-refractivity contribution is 7.44. The molecule has 67 heavy (non-hydrogen) atoms. The highest BCUT2D eigenvalue weighted by Gasteiger charge is 2.29. The van der Waals surface area contributed by atoms with Crippen molar-refractivity contribution in [3.8, 4) is 0 Å². The second-order valence-electron chi connectivity index (χ2n) is 13.5. The van der Waals surface area contributed by atoms with Gasteiger partial charge >= 0.3 is 0 Å². The van der Waals surface area contributed by atoms with Crippen molar-refractivity contribution in [3.63, 3.8) is 0 Å². The maximum Gasteiger partial charge on any atom is 0.226 e. The van der Waals surface area contributed by atoms with E-state index in [-0.39, 0.29) is 29.8 Å². The van der Waals surface area contributed by atoms with Crippen molar-refractivity contribution in [1.29, 1.82) is 0 Å². The molecule has 0 bridgehead atoms. The van der Waals surface area contributed by atoms with Crippen molar-refractivity contribution in [2.75, 3.05) is 138 Å². The Bertz CT molecular complexity index is 1540. The monoisotopic (exact) mass is 999 g/mol. The van der Waals surface area contributed by atoms with Crippen molar-refractivity contribution in [1.82, 2.24) is 34.7 Å². The summed E-state index contributed by atoms with van der Waals surface area (Å²) >= 11 is 5.84. The fourth-order valence-electron chi connectivity index (χ4n) is 5.34. The molecule has 0 aliphatic carbocycles. The molecule has 1 fully saturated rings. The second kappa shape index (κ2) is 47.1. The van der Waals surface area contributed by atoms with Gasteiger partial charge in [0.15, 0.2) is 20.3 Å². The first kappa shape index (κ1) is 64.4. The van der Waals surface area contributed by atoms with E-state index < -0.39 is 8.38 Å². The Morgan fingerprint density at radius 1 is 0.776 bits per heavy atom. The first-order valence-corrected chi connectivity index (χ1v) is 25.3. The lowest BCUT2D eigenvalue weighted by Gasteiger charge is -2.15. The zero-order chi connectivity index (χ0) is 49.6. The molecule has 2 atom stereocenters. The van der Waals surface area contributed by atoms with Gasteiger partial charge in [0.2, 0.25) is 5.28 Å². The molecule has 3 aromatic heterocycles. The van der Waals surface area contributed by atoms with Crippen molar-refractivity contribution in [3.05, 3.63) is 36.0 Å². The Balaban J connectivity index is 0.00000122. The number of aromatic nitrogens is 7. The predicted molar refractivity (Wildman–Crippen MR) is 260 cm³/mol. The van der Waals surface area contributed by atoms with Crippen molar-refractivity contribution >= 4 is 36.8 Å². The predicted octanol–water partition coefficient (Wildman–Crippen LogP) is 6.04. The zero-order valence-electron chi connectivity index (χ0n) is 41.4. The third-order valence-corrected chi connectivity index (χ3v) is 9.09. The molecule has 0 aromatic carbocycles. The maximum atomic E-state index is 8.80. The third-order valence-electron chi connectivity index (χ3n) is 8.50. The van der Waals surface area contributed by atoms with Gasteiger partial charge in [0, 0.05) is 26.5 Å². The van der Waals surface area contributed by atoms with Crippen molar-refractivity contribution in [2.45, 2.75) is 98.9 Å². The minimum absolute atomic E-state index is 0.0591. The van der Waals surface area contributed by atoms with E-state index in [0.717, 1.165) is 50.8 Å². The summed E-state index contributed by atoms with van der Waals surface area (Å²) < 4.78 is 62.9. The molecule has 0 amide bonds. The van der Waals surface area contributed by atoms with Crippen LogP contribution >= 0.6 is 20.0 Å². The fourth-order valence-corrected chi connectivity index (χ4v) is 5.78. The van der Waals surface area contributed by atoms with Gasteiger partial charge in [0.1, 0.15) is 12.2 Å². The third kappa shape index (κ3) is 34.4. The highest BCUT2D eigenvalue weighted by Crippen LogP contribution is 2.32. The topological polar surface area (TPSA) is 242 Å². The van der Waals surface area contributed by atoms with Crippen LogP contribution in [0.1, 0.15) is 85.6 Å². The van der Waals surface area contributed by atoms with Crippen LogP contribution in [0.2, 0.25) is 5.28 Å². The van der Waals surface area contributed by atoms with Gasteiger partial charge in [-0.2, -0.15) is 10.1 Å². The van der Waals surface area contributed by atoms with Gasteiger partial charge in [0.25, 0.3) is 0 Å². The average Bonchev–Trinajstić information content (AvgIpc) is 4.11. The van der Waals surface area contributed by atoms with E-state index >= 15 is 0 Å². The van der Waals surface area contributed by atoms with Gasteiger partial charge < -0.3 is 67.6 Å². The van der Waals surface area contributed by atoms with Crippen LogP contribution in [0, 0.1) is 0 Å². The molecule has 390 valence electrons. The Morgan fingerprint density at radius 2 is 1.30 bits per heavy atom. The quantitative estimate of drug-likeness (QED) is 0.0260. The molecular weight excluding hydrogens is 915 g/mol. The number of allylic oxidation sites excluding steroid dienone is 1. The number of fused-ring (bicyclic) bond motifs is 1. The summed E-state index contributed by atoms with van der Waals surface area (Å²) in [6, 6.07) is 0. The molecule has 0 saturated carbocycles. The molecule has 23 heteroatoms. The van der Waals surface area contributed by atoms with E-state index in [0.29, 0.717) is 130 Å². The molecular formula is C44H84ClN8O13P. The van der Waals surface area contributed by atoms with E-state index in [1.54, 1.807) is 18.0 Å². The number of aryl methyl sites for hydroxylation is 1. The molecule has 4 heterocycles. The number of hydrogen-bond acceptors (Lipinski definition) is 19. The van der Waals surface area contributed by atoms with E-state index in [1.807, 2.05) is 51.6 Å². The minimum Gasteiger partial charge on any atom is -0.385 e. The van der Waals surface area contributed by atoms with E-state index in [1.165, 1.54) is 0 Å². The molecule has 0 radical (unpaired) electrons. The Hall–Kier alpha value is -2.57. The van der Waals surface area contributed by atoms with E-state index in [4.69, 9.17) is 79.2 Å². The van der Waals surface area contributed by atoms with Gasteiger partial charge in [0.05, 0.1) is 136 Å². The summed E-state index contributed by atoms with van der Waals surface area (Å²) in [5.74, 6) is 0.276. The summed E-state index contributed by atoms with van der Waals surface area (Å²) in [6.45, 7) is 26.2. The van der Waals surface area contributed by atoms with Gasteiger partial charge in [-0.3, -0.25) is 0 Å². The van der Waals surface area contributed by atoms with Crippen LogP contribution in [-0.4, -0.2) is 183 Å². The summed E-state index contributed by atoms with van der Waals surface area (Å²) in [5.41, 5.74) is 7.33. The first-order valence-electron chi connectivity index (χ1n) is 23.5. The largest absolute Gasteiger partial charge is 0.385 e. The first-order chi connectivity index (χ1) is 32.8. The number of hydrogen-bond donors (Lipinski definition) is 3. The molecule has 1 saturated heterocycles. The number of ether oxygens (including phenoxy) is 11. The Morgan fingerprint density at radius 3 is 1.79 bits per heavy atom. The molecule has 0 spiro atoms. The van der Waals surface area contributed by atoms with Crippen LogP contribution in [0.25, 0.3) is 11.0 Å². The number of nitrogens with zero attached hydrogens (tertiary/aromatic N) is 7. The van der Waals surface area contributed by atoms with Crippen molar-refractivity contribution in [2.24, 2.45) is 0 Å². The standard InChI is InChI=1S/C25H49N3O9.C11H15ClN5O4P.C4H8.2C2H6/c1-3-30-10-11-32-14-15-34-18-19-36-22-23-37-21-20-35-17-16-33-13-12-31-9-7-28-24-25(26-27-28)6-4-5-8-29-2;12-11-15-9(13)7-3-14-17(10(7)16-11)8-2-1-6(21-8)4-20-5-22(18)19;1-3-4-2;2*1-2/h24H,3-23H2,1-2H3;3,6,8,18-19H,1-2,4-5H2,(H2,13,15,16);3H,1,4H2,2H3;2*1-2H3. The number of methoxy groups -OCH3 is 1. The molecule has 3 aromatic rings. The number of rotatable bonds is 36. The van der Waals surface area contributed by atoms with Gasteiger partial charge in [-0.15, -0.1) is 11.7 Å². The lowest BCUT2D eigenvalue weighted by Crippen LogP contribution is -2.17. The fraction of sp³-hybridized carbons (Fsp3) is 0.795. The summed E-state index contributed by atoms with van der Waals surface area (Å²) in [5, 5.41) is 13.2. The molecule has 1 aliphatic heterocycles. The SMILES string of the molecule is C=CCC.CC.CC.CCOCCOCCOCCOCCOCCOCCOCCOCCn1cc(CCCCOC)nn1.Nc1nc(Cl)nc2c1cnn2C1CCC(COCP(O)O)O1. The Labute approximate surface area is 405 Å². The number of anilines is 1. The van der Waals surface area contributed by atoms with Crippen LogP contribution in [-0.2, 0) is 65.1 Å². The molecule has 4 N–H and O–H groups in total. The lowest BCUT2D eigenvalue weighted by atomic mass is 10.2. The van der Waals surface area contributed by atoms with Gasteiger partial charge in [-0.25, -0.2) is 14.3 Å². The highest BCUT2D eigenvalue weighted by atomic mass is 35.5. The smallest absolute Gasteiger partial charge is 0.226 e. The van der Waals surface area contributed by atoms with Crippen LogP contribution in [0.15, 0.2) is 25.0 Å². The Kier molecular flexibility index (Phi) is 45.3. The summed E-state index contributed by atoms with van der Waals surface area (Å²) in [4.78, 5) is 25.6. The van der Waals surface area contributed by atoms with Gasteiger partial charge in [-0.05, 0) is 57.0 Å². The number of halogens is 1. The number of unbranched alkanes of at least 4 members (excludes halogenated alkanes) is 1. The second-order valence-corrected chi connectivity index (χ2v) is 14.8. The summed E-state index contributed by atoms with van der Waals surface area (Å²) in [6.07, 6.45) is 10.5. The van der Waals surface area contributed by atoms with Crippen LogP contribution in [0.5, 0.6) is 0 Å². The average molecular weight is 1000 g/mol. The molecule has 1 aliphatic rings.